The molecule has 3 nitrogen and oxygen atoms in total. The summed E-state index contributed by atoms with van der Waals surface area (Å²) in [5, 5.41) is 0.763. The summed E-state index contributed by atoms with van der Waals surface area (Å²) in [4.78, 5) is 10.7. The number of benzene rings is 1. The summed E-state index contributed by atoms with van der Waals surface area (Å²) in [5.74, 6) is -0.831. The third-order valence-corrected chi connectivity index (χ3v) is 2.50. The van der Waals surface area contributed by atoms with E-state index in [1.54, 1.807) is 0 Å². The van der Waals surface area contributed by atoms with Crippen LogP contribution in [0.3, 0.4) is 0 Å². The Balaban J connectivity index is 3.01. The van der Waals surface area contributed by atoms with E-state index in [1.165, 1.54) is 12.1 Å². The zero-order chi connectivity index (χ0) is 11.6. The molecule has 0 fully saturated rings. The molecule has 0 aliphatic carbocycles. The molecule has 0 atom stereocenters. The lowest BCUT2D eigenvalue weighted by Crippen LogP contribution is -2.17. The highest BCUT2D eigenvalue weighted by molar-refractivity contribution is 6.43. The molecule has 0 saturated carbocycles. The lowest BCUT2D eigenvalue weighted by atomic mass is 10.3. The van der Waals surface area contributed by atoms with Gasteiger partial charge in [-0.1, -0.05) is 41.4 Å². The minimum atomic E-state index is -0.780. The smallest absolute Gasteiger partial charge is 0.283 e. The van der Waals surface area contributed by atoms with Gasteiger partial charge in [-0.05, 0) is 6.07 Å². The Hall–Kier alpha value is -0.900. The second kappa shape index (κ2) is 4.75. The van der Waals surface area contributed by atoms with Crippen molar-refractivity contribution in [1.29, 1.82) is 0 Å². The van der Waals surface area contributed by atoms with Crippen LogP contribution in [0.2, 0.25) is 15.1 Å². The van der Waals surface area contributed by atoms with E-state index in [0.717, 1.165) is 0 Å². The van der Waals surface area contributed by atoms with Crippen LogP contribution in [0.5, 0.6) is 5.75 Å². The van der Waals surface area contributed by atoms with Gasteiger partial charge in [0.25, 0.3) is 5.91 Å². The highest BCUT2D eigenvalue weighted by atomic mass is 35.5. The van der Waals surface area contributed by atoms with Crippen LogP contribution >= 0.6 is 34.8 Å². The van der Waals surface area contributed by atoms with Crippen molar-refractivity contribution in [3.8, 4) is 5.75 Å². The van der Waals surface area contributed by atoms with Gasteiger partial charge in [0.2, 0.25) is 0 Å². The highest BCUT2D eigenvalue weighted by Crippen LogP contribution is 2.34. The second-order valence-corrected chi connectivity index (χ2v) is 3.81. The van der Waals surface area contributed by atoms with Gasteiger partial charge in [-0.25, -0.2) is 0 Å². The number of amides is 1. The Bertz CT molecular complexity index is 432. The molecule has 0 saturated heterocycles. The molecule has 0 radical (unpaired) electrons. The number of primary amides is 1. The topological polar surface area (TPSA) is 52.3 Å². The quantitative estimate of drug-likeness (QED) is 0.519. The molecular weight excluding hydrogens is 260 g/mol. The van der Waals surface area contributed by atoms with Crippen molar-refractivity contribution in [2.75, 3.05) is 0 Å². The van der Waals surface area contributed by atoms with Crippen LogP contribution in [-0.2, 0) is 4.79 Å². The van der Waals surface area contributed by atoms with Gasteiger partial charge < -0.3 is 10.5 Å². The van der Waals surface area contributed by atoms with Crippen molar-refractivity contribution in [3.05, 3.63) is 39.5 Å². The summed E-state index contributed by atoms with van der Waals surface area (Å²) in [6, 6.07) is 2.77. The molecule has 1 amide bonds. The largest absolute Gasteiger partial charge is 0.451 e. The van der Waals surface area contributed by atoms with Gasteiger partial charge in [0.1, 0.15) is 5.75 Å². The zero-order valence-electron chi connectivity index (χ0n) is 7.39. The maximum Gasteiger partial charge on any atom is 0.283 e. The molecule has 0 unspecified atom stereocenters. The summed E-state index contributed by atoms with van der Waals surface area (Å²) in [6.45, 7) is 3.31. The standard InChI is InChI=1S/C9H6Cl3NO2/c1-4(9(13)14)15-8-3-6(11)5(10)2-7(8)12/h2-3H,1H2,(H2,13,14). The number of halogens is 3. The van der Waals surface area contributed by atoms with Crippen LogP contribution in [0.1, 0.15) is 0 Å². The summed E-state index contributed by atoms with van der Waals surface area (Å²) in [7, 11) is 0. The lowest BCUT2D eigenvalue weighted by Gasteiger charge is -2.08. The molecule has 0 heterocycles. The Labute approximate surface area is 101 Å². The van der Waals surface area contributed by atoms with Crippen LogP contribution in [-0.4, -0.2) is 5.91 Å². The molecule has 0 spiro atoms. The molecule has 1 aromatic rings. The molecule has 80 valence electrons. The van der Waals surface area contributed by atoms with Gasteiger partial charge in [0.05, 0.1) is 15.1 Å². The van der Waals surface area contributed by atoms with Gasteiger partial charge in [0, 0.05) is 6.07 Å². The van der Waals surface area contributed by atoms with Gasteiger partial charge in [-0.2, -0.15) is 0 Å². The van der Waals surface area contributed by atoms with Crippen molar-refractivity contribution in [2.24, 2.45) is 5.73 Å². The lowest BCUT2D eigenvalue weighted by molar-refractivity contribution is -0.116. The second-order valence-electron chi connectivity index (χ2n) is 2.59. The van der Waals surface area contributed by atoms with Crippen molar-refractivity contribution >= 4 is 40.7 Å². The summed E-state index contributed by atoms with van der Waals surface area (Å²) >= 11 is 17.2. The molecule has 15 heavy (non-hydrogen) atoms. The Morgan fingerprint density at radius 2 is 1.73 bits per heavy atom. The monoisotopic (exact) mass is 265 g/mol. The number of rotatable bonds is 3. The third kappa shape index (κ3) is 3.02. The van der Waals surface area contributed by atoms with E-state index in [2.05, 4.69) is 6.58 Å². The first-order chi connectivity index (χ1) is 6.91. The fourth-order valence-corrected chi connectivity index (χ4v) is 1.34. The molecular formula is C9H6Cl3NO2. The summed E-state index contributed by atoms with van der Waals surface area (Å²) < 4.78 is 5.00. The number of nitrogens with two attached hydrogens (primary N) is 1. The van der Waals surface area contributed by atoms with E-state index in [1.807, 2.05) is 0 Å². The zero-order valence-corrected chi connectivity index (χ0v) is 9.66. The SMILES string of the molecule is C=C(Oc1cc(Cl)c(Cl)cc1Cl)C(N)=O. The van der Waals surface area contributed by atoms with Crippen LogP contribution in [0.25, 0.3) is 0 Å². The number of hydrogen-bond donors (Lipinski definition) is 1. The predicted octanol–water partition coefficient (Wildman–Crippen LogP) is 3.02. The number of hydrogen-bond acceptors (Lipinski definition) is 2. The minimum Gasteiger partial charge on any atom is -0.451 e. The van der Waals surface area contributed by atoms with Gasteiger partial charge in [-0.3, -0.25) is 4.79 Å². The Morgan fingerprint density at radius 1 is 1.20 bits per heavy atom. The number of carbonyl (C=O) groups is 1. The summed E-state index contributed by atoms with van der Waals surface area (Å²) in [6.07, 6.45) is 0. The van der Waals surface area contributed by atoms with Crippen molar-refractivity contribution in [3.63, 3.8) is 0 Å². The van der Waals surface area contributed by atoms with E-state index in [-0.39, 0.29) is 21.6 Å². The van der Waals surface area contributed by atoms with E-state index >= 15 is 0 Å². The number of carbonyl (C=O) groups excluding carboxylic acids is 1. The van der Waals surface area contributed by atoms with Crippen molar-refractivity contribution in [1.82, 2.24) is 0 Å². The third-order valence-electron chi connectivity index (χ3n) is 1.48. The maximum absolute atomic E-state index is 10.7. The van der Waals surface area contributed by atoms with E-state index in [4.69, 9.17) is 45.3 Å². The molecule has 0 aliphatic heterocycles. The molecule has 6 heteroatoms. The maximum atomic E-state index is 10.7. The normalized spacial score (nSPS) is 9.80. The van der Waals surface area contributed by atoms with E-state index in [0.29, 0.717) is 5.02 Å². The van der Waals surface area contributed by atoms with Crippen LogP contribution < -0.4 is 10.5 Å². The van der Waals surface area contributed by atoms with Crippen molar-refractivity contribution < 1.29 is 9.53 Å². The van der Waals surface area contributed by atoms with E-state index in [9.17, 15) is 4.79 Å². The van der Waals surface area contributed by atoms with Crippen molar-refractivity contribution in [2.45, 2.75) is 0 Å². The molecule has 0 aromatic heterocycles. The van der Waals surface area contributed by atoms with E-state index < -0.39 is 5.91 Å². The molecule has 1 aromatic carbocycles. The highest BCUT2D eigenvalue weighted by Gasteiger charge is 2.10. The fraction of sp³-hybridized carbons (Fsp3) is 0. The first-order valence-electron chi connectivity index (χ1n) is 3.73. The van der Waals surface area contributed by atoms with Gasteiger partial charge >= 0.3 is 0 Å². The van der Waals surface area contributed by atoms with Gasteiger partial charge in [0.15, 0.2) is 5.76 Å². The van der Waals surface area contributed by atoms with Crippen LogP contribution in [0.4, 0.5) is 0 Å². The fourth-order valence-electron chi connectivity index (χ4n) is 0.766. The predicted molar refractivity (Wildman–Crippen MR) is 60.4 cm³/mol. The average Bonchev–Trinajstić information content (AvgIpc) is 2.13. The minimum absolute atomic E-state index is 0.176. The average molecular weight is 267 g/mol. The Kier molecular flexibility index (Phi) is 3.85. The van der Waals surface area contributed by atoms with Crippen LogP contribution in [0, 0.1) is 0 Å². The Morgan fingerprint density at radius 3 is 2.27 bits per heavy atom. The van der Waals surface area contributed by atoms with Crippen LogP contribution in [0.15, 0.2) is 24.5 Å². The van der Waals surface area contributed by atoms with Gasteiger partial charge in [-0.15, -0.1) is 0 Å². The summed E-state index contributed by atoms with van der Waals surface area (Å²) in [5.41, 5.74) is 4.94. The molecule has 0 bridgehead atoms. The molecule has 0 aliphatic rings. The first-order valence-corrected chi connectivity index (χ1v) is 4.86. The molecule has 2 N–H and O–H groups in total. The number of ether oxygens (including phenoxy) is 1. The molecule has 1 rings (SSSR count). The first kappa shape index (κ1) is 12.2.